The summed E-state index contributed by atoms with van der Waals surface area (Å²) in [6.45, 7) is 1.93. The van der Waals surface area contributed by atoms with Gasteiger partial charge in [0.25, 0.3) is 0 Å². The van der Waals surface area contributed by atoms with E-state index in [1.54, 1.807) is 18.2 Å². The van der Waals surface area contributed by atoms with Crippen molar-refractivity contribution in [3.8, 4) is 0 Å². The number of carbonyl (C=O) groups is 1. The van der Waals surface area contributed by atoms with Crippen LogP contribution in [0.1, 0.15) is 11.1 Å². The fourth-order valence-corrected chi connectivity index (χ4v) is 2.34. The van der Waals surface area contributed by atoms with Crippen molar-refractivity contribution in [1.82, 2.24) is 0 Å². The molecule has 0 heterocycles. The molecule has 0 fully saturated rings. The van der Waals surface area contributed by atoms with Crippen LogP contribution in [0.4, 0.5) is 10.1 Å². The molecule has 1 amide bonds. The molecule has 4 heteroatoms. The zero-order valence-electron chi connectivity index (χ0n) is 11.1. The molecule has 0 saturated heterocycles. The first-order chi connectivity index (χ1) is 9.58. The Morgan fingerprint density at radius 1 is 1.20 bits per heavy atom. The van der Waals surface area contributed by atoms with Crippen LogP contribution >= 0.6 is 15.9 Å². The van der Waals surface area contributed by atoms with Gasteiger partial charge in [-0.1, -0.05) is 52.3 Å². The summed E-state index contributed by atoms with van der Waals surface area (Å²) in [5.41, 5.74) is 2.29. The highest BCUT2D eigenvalue weighted by molar-refractivity contribution is 9.10. The second kappa shape index (κ2) is 6.66. The second-order valence-electron chi connectivity index (χ2n) is 4.57. The molecule has 1 atom stereocenters. The van der Waals surface area contributed by atoms with E-state index in [9.17, 15) is 9.18 Å². The number of rotatable bonds is 4. The number of aryl methyl sites for hydroxylation is 1. The van der Waals surface area contributed by atoms with E-state index in [1.807, 2.05) is 31.2 Å². The maximum Gasteiger partial charge on any atom is 0.238 e. The van der Waals surface area contributed by atoms with Crippen LogP contribution in [0, 0.1) is 12.7 Å². The van der Waals surface area contributed by atoms with Crippen molar-refractivity contribution in [1.29, 1.82) is 0 Å². The minimum absolute atomic E-state index is 0.178. The van der Waals surface area contributed by atoms with Gasteiger partial charge in [-0.25, -0.2) is 4.39 Å². The fraction of sp³-hybridized carbons (Fsp3) is 0.188. The minimum Gasteiger partial charge on any atom is -0.325 e. The number of carbonyl (C=O) groups excluding carboxylic acids is 1. The largest absolute Gasteiger partial charge is 0.325 e. The maximum absolute atomic E-state index is 13.6. The molecular formula is C16H15BrFNO. The van der Waals surface area contributed by atoms with E-state index in [0.717, 1.165) is 11.3 Å². The molecule has 0 bridgehead atoms. The molecule has 20 heavy (non-hydrogen) atoms. The van der Waals surface area contributed by atoms with Crippen LogP contribution in [-0.4, -0.2) is 10.7 Å². The predicted octanol–water partition coefficient (Wildman–Crippen LogP) is 4.08. The Morgan fingerprint density at radius 2 is 1.85 bits per heavy atom. The Hall–Kier alpha value is -1.68. The summed E-state index contributed by atoms with van der Waals surface area (Å²) < 4.78 is 13.6. The Morgan fingerprint density at radius 3 is 2.55 bits per heavy atom. The molecule has 0 saturated carbocycles. The molecule has 104 valence electrons. The average Bonchev–Trinajstić information content (AvgIpc) is 2.43. The SMILES string of the molecule is Cc1ccccc1NC(=O)C(Br)Cc1ccccc1F. The number of para-hydroxylation sites is 1. The predicted molar refractivity (Wildman–Crippen MR) is 82.6 cm³/mol. The van der Waals surface area contributed by atoms with E-state index in [4.69, 9.17) is 0 Å². The van der Waals surface area contributed by atoms with E-state index in [2.05, 4.69) is 21.2 Å². The highest BCUT2D eigenvalue weighted by atomic mass is 79.9. The molecule has 2 aromatic rings. The summed E-state index contributed by atoms with van der Waals surface area (Å²) in [7, 11) is 0. The summed E-state index contributed by atoms with van der Waals surface area (Å²) in [6, 6.07) is 14.0. The molecule has 0 aliphatic carbocycles. The summed E-state index contributed by atoms with van der Waals surface area (Å²) in [5.74, 6) is -0.469. The van der Waals surface area contributed by atoms with E-state index in [1.165, 1.54) is 6.07 Å². The lowest BCUT2D eigenvalue weighted by Gasteiger charge is -2.13. The molecule has 1 unspecified atom stereocenters. The van der Waals surface area contributed by atoms with Gasteiger partial charge >= 0.3 is 0 Å². The van der Waals surface area contributed by atoms with Crippen LogP contribution in [0.15, 0.2) is 48.5 Å². The lowest BCUT2D eigenvalue weighted by Crippen LogP contribution is -2.25. The standard InChI is InChI=1S/C16H15BrFNO/c1-11-6-2-5-9-15(11)19-16(20)13(17)10-12-7-3-4-8-14(12)18/h2-9,13H,10H2,1H3,(H,19,20). The van der Waals surface area contributed by atoms with E-state index in [-0.39, 0.29) is 11.7 Å². The van der Waals surface area contributed by atoms with Gasteiger partial charge < -0.3 is 5.32 Å². The summed E-state index contributed by atoms with van der Waals surface area (Å²) >= 11 is 3.32. The molecule has 2 aromatic carbocycles. The molecule has 2 rings (SSSR count). The quantitative estimate of drug-likeness (QED) is 0.838. The Bertz CT molecular complexity index is 615. The second-order valence-corrected chi connectivity index (χ2v) is 5.67. The number of hydrogen-bond donors (Lipinski definition) is 1. The third kappa shape index (κ3) is 3.67. The number of anilines is 1. The van der Waals surface area contributed by atoms with Crippen molar-refractivity contribution in [2.45, 2.75) is 18.2 Å². The van der Waals surface area contributed by atoms with Crippen molar-refractivity contribution in [2.24, 2.45) is 0 Å². The lowest BCUT2D eigenvalue weighted by atomic mass is 10.1. The molecular weight excluding hydrogens is 321 g/mol. The number of amides is 1. The van der Waals surface area contributed by atoms with Gasteiger partial charge in [0.05, 0.1) is 4.83 Å². The first kappa shape index (κ1) is 14.7. The average molecular weight is 336 g/mol. The highest BCUT2D eigenvalue weighted by Crippen LogP contribution is 2.18. The minimum atomic E-state index is -0.473. The third-order valence-electron chi connectivity index (χ3n) is 3.04. The van der Waals surface area contributed by atoms with Crippen LogP contribution in [0.25, 0.3) is 0 Å². The molecule has 2 nitrogen and oxygen atoms in total. The fourth-order valence-electron chi connectivity index (χ4n) is 1.87. The van der Waals surface area contributed by atoms with E-state index < -0.39 is 4.83 Å². The van der Waals surface area contributed by atoms with Gasteiger partial charge in [-0.05, 0) is 36.6 Å². The number of hydrogen-bond acceptors (Lipinski definition) is 1. The van der Waals surface area contributed by atoms with Gasteiger partial charge in [-0.3, -0.25) is 4.79 Å². The summed E-state index contributed by atoms with van der Waals surface area (Å²) in [6.07, 6.45) is 0.310. The maximum atomic E-state index is 13.6. The molecule has 0 radical (unpaired) electrons. The molecule has 0 aliphatic rings. The van der Waals surface area contributed by atoms with Crippen molar-refractivity contribution >= 4 is 27.5 Å². The first-order valence-corrected chi connectivity index (χ1v) is 7.23. The lowest BCUT2D eigenvalue weighted by molar-refractivity contribution is -0.115. The van der Waals surface area contributed by atoms with Crippen LogP contribution in [0.5, 0.6) is 0 Å². The van der Waals surface area contributed by atoms with Crippen LogP contribution in [0.3, 0.4) is 0 Å². The number of nitrogens with one attached hydrogen (secondary N) is 1. The Labute approximate surface area is 126 Å². The van der Waals surface area contributed by atoms with Crippen molar-refractivity contribution < 1.29 is 9.18 Å². The monoisotopic (exact) mass is 335 g/mol. The van der Waals surface area contributed by atoms with Gasteiger partial charge in [-0.2, -0.15) is 0 Å². The molecule has 0 spiro atoms. The van der Waals surface area contributed by atoms with Gasteiger partial charge in [0.2, 0.25) is 5.91 Å². The molecule has 0 aliphatic heterocycles. The van der Waals surface area contributed by atoms with Crippen molar-refractivity contribution in [3.05, 3.63) is 65.5 Å². The summed E-state index contributed by atoms with van der Waals surface area (Å²) in [4.78, 5) is 11.6. The van der Waals surface area contributed by atoms with Crippen molar-refractivity contribution in [2.75, 3.05) is 5.32 Å². The third-order valence-corrected chi connectivity index (χ3v) is 3.78. The normalized spacial score (nSPS) is 11.9. The van der Waals surface area contributed by atoms with Gasteiger partial charge in [0.1, 0.15) is 5.82 Å². The molecule has 1 N–H and O–H groups in total. The van der Waals surface area contributed by atoms with Crippen molar-refractivity contribution in [3.63, 3.8) is 0 Å². The number of halogens is 2. The number of alkyl halides is 1. The van der Waals surface area contributed by atoms with E-state index in [0.29, 0.717) is 12.0 Å². The first-order valence-electron chi connectivity index (χ1n) is 6.32. The number of benzene rings is 2. The zero-order chi connectivity index (χ0) is 14.5. The van der Waals surface area contributed by atoms with Crippen LogP contribution < -0.4 is 5.32 Å². The smallest absolute Gasteiger partial charge is 0.238 e. The Balaban J connectivity index is 2.03. The van der Waals surface area contributed by atoms with Crippen LogP contribution in [0.2, 0.25) is 0 Å². The molecule has 0 aromatic heterocycles. The van der Waals surface area contributed by atoms with Gasteiger partial charge in [0.15, 0.2) is 0 Å². The Kier molecular flexibility index (Phi) is 4.90. The van der Waals surface area contributed by atoms with E-state index >= 15 is 0 Å². The zero-order valence-corrected chi connectivity index (χ0v) is 12.7. The van der Waals surface area contributed by atoms with Gasteiger partial charge in [0, 0.05) is 5.69 Å². The highest BCUT2D eigenvalue weighted by Gasteiger charge is 2.17. The topological polar surface area (TPSA) is 29.1 Å². The van der Waals surface area contributed by atoms with Crippen LogP contribution in [-0.2, 0) is 11.2 Å². The van der Waals surface area contributed by atoms with Gasteiger partial charge in [-0.15, -0.1) is 0 Å². The summed E-state index contributed by atoms with van der Waals surface area (Å²) in [5, 5.41) is 2.84.